The Morgan fingerprint density at radius 3 is 2.21 bits per heavy atom. The van der Waals surface area contributed by atoms with Gasteiger partial charge >= 0.3 is 0 Å². The number of ketones is 1. The van der Waals surface area contributed by atoms with Crippen molar-refractivity contribution in [2.45, 2.75) is 41.0 Å². The summed E-state index contributed by atoms with van der Waals surface area (Å²) in [5.74, 6) is 1.41. The highest BCUT2D eigenvalue weighted by molar-refractivity contribution is 7.85. The Kier molecular flexibility index (Phi) is 5.57. The lowest BCUT2D eigenvalue weighted by atomic mass is 9.92. The zero-order valence-corrected chi connectivity index (χ0v) is 10.7. The number of carbonyl (C=O) groups is 1. The standard InChI is InChI=1S/C11H22O2S/c1-6-9(2)7-14(13)8-10(12)11(3,4)5/h9H,6-8H2,1-5H3. The third-order valence-corrected chi connectivity index (χ3v) is 3.82. The molecule has 2 nitrogen and oxygen atoms in total. The summed E-state index contributed by atoms with van der Waals surface area (Å²) in [4.78, 5) is 11.6. The van der Waals surface area contributed by atoms with Crippen molar-refractivity contribution in [2.75, 3.05) is 11.5 Å². The van der Waals surface area contributed by atoms with Gasteiger partial charge in [0.1, 0.15) is 0 Å². The fourth-order valence-electron chi connectivity index (χ4n) is 0.857. The second-order valence-electron chi connectivity index (χ2n) is 4.94. The number of hydrogen-bond acceptors (Lipinski definition) is 2. The van der Waals surface area contributed by atoms with Crippen LogP contribution in [0.2, 0.25) is 0 Å². The molecule has 3 heteroatoms. The van der Waals surface area contributed by atoms with Gasteiger partial charge < -0.3 is 0 Å². The summed E-state index contributed by atoms with van der Waals surface area (Å²) in [6.45, 7) is 9.76. The van der Waals surface area contributed by atoms with Crippen molar-refractivity contribution < 1.29 is 9.00 Å². The second kappa shape index (κ2) is 5.64. The molecule has 0 aromatic carbocycles. The molecule has 0 aliphatic carbocycles. The van der Waals surface area contributed by atoms with Crippen LogP contribution < -0.4 is 0 Å². The highest BCUT2D eigenvalue weighted by Gasteiger charge is 2.23. The van der Waals surface area contributed by atoms with Crippen LogP contribution in [0.5, 0.6) is 0 Å². The maximum atomic E-state index is 11.6. The Labute approximate surface area is 89.9 Å². The molecule has 0 aromatic heterocycles. The molecule has 84 valence electrons. The maximum Gasteiger partial charge on any atom is 0.150 e. The van der Waals surface area contributed by atoms with E-state index in [-0.39, 0.29) is 17.0 Å². The molecule has 0 bridgehead atoms. The Hall–Kier alpha value is -0.180. The smallest absolute Gasteiger partial charge is 0.150 e. The van der Waals surface area contributed by atoms with E-state index in [0.29, 0.717) is 11.7 Å². The minimum absolute atomic E-state index is 0.0964. The van der Waals surface area contributed by atoms with Crippen LogP contribution in [0.1, 0.15) is 41.0 Å². The van der Waals surface area contributed by atoms with E-state index in [1.165, 1.54) is 0 Å². The Morgan fingerprint density at radius 1 is 1.36 bits per heavy atom. The topological polar surface area (TPSA) is 34.1 Å². The summed E-state index contributed by atoms with van der Waals surface area (Å²) >= 11 is 0. The quantitative estimate of drug-likeness (QED) is 0.710. The molecule has 0 rings (SSSR count). The van der Waals surface area contributed by atoms with Gasteiger partial charge in [0.25, 0.3) is 0 Å². The third-order valence-electron chi connectivity index (χ3n) is 2.30. The minimum Gasteiger partial charge on any atom is -0.298 e. The molecule has 2 atom stereocenters. The van der Waals surface area contributed by atoms with Crippen LogP contribution in [-0.2, 0) is 15.6 Å². The van der Waals surface area contributed by atoms with E-state index in [2.05, 4.69) is 13.8 Å². The first-order valence-corrected chi connectivity index (χ1v) is 6.64. The summed E-state index contributed by atoms with van der Waals surface area (Å²) in [7, 11) is -0.976. The molecular weight excluding hydrogens is 196 g/mol. The monoisotopic (exact) mass is 218 g/mol. The highest BCUT2D eigenvalue weighted by Crippen LogP contribution is 2.15. The second-order valence-corrected chi connectivity index (χ2v) is 6.44. The highest BCUT2D eigenvalue weighted by atomic mass is 32.2. The first-order chi connectivity index (χ1) is 6.27. The van der Waals surface area contributed by atoms with Crippen molar-refractivity contribution in [1.82, 2.24) is 0 Å². The van der Waals surface area contributed by atoms with Gasteiger partial charge in [-0.3, -0.25) is 9.00 Å². The van der Waals surface area contributed by atoms with Gasteiger partial charge in [-0.2, -0.15) is 0 Å². The largest absolute Gasteiger partial charge is 0.298 e. The van der Waals surface area contributed by atoms with Gasteiger partial charge in [0.05, 0.1) is 5.75 Å². The van der Waals surface area contributed by atoms with E-state index in [0.717, 1.165) is 6.42 Å². The lowest BCUT2D eigenvalue weighted by Gasteiger charge is -2.16. The van der Waals surface area contributed by atoms with Gasteiger partial charge in [-0.1, -0.05) is 41.0 Å². The van der Waals surface area contributed by atoms with Gasteiger partial charge in [-0.25, -0.2) is 0 Å². The van der Waals surface area contributed by atoms with Gasteiger partial charge in [0.2, 0.25) is 0 Å². The van der Waals surface area contributed by atoms with Gasteiger partial charge in [0, 0.05) is 22.0 Å². The fraction of sp³-hybridized carbons (Fsp3) is 0.909. The zero-order chi connectivity index (χ0) is 11.4. The first kappa shape index (κ1) is 13.8. The van der Waals surface area contributed by atoms with Crippen molar-refractivity contribution >= 4 is 16.6 Å². The normalized spacial score (nSPS) is 16.4. The van der Waals surface area contributed by atoms with Crippen molar-refractivity contribution in [1.29, 1.82) is 0 Å². The van der Waals surface area contributed by atoms with Crippen LogP contribution in [0.4, 0.5) is 0 Å². The van der Waals surface area contributed by atoms with Crippen molar-refractivity contribution in [3.05, 3.63) is 0 Å². The van der Waals surface area contributed by atoms with Crippen LogP contribution in [-0.4, -0.2) is 21.5 Å². The Bertz CT molecular complexity index is 216. The van der Waals surface area contributed by atoms with Gasteiger partial charge in [0.15, 0.2) is 5.78 Å². The number of Topliss-reactive ketones (excluding diaryl/α,β-unsaturated/α-hetero) is 1. The van der Waals surface area contributed by atoms with Crippen LogP contribution in [0.3, 0.4) is 0 Å². The molecule has 0 N–H and O–H groups in total. The molecule has 14 heavy (non-hydrogen) atoms. The average molecular weight is 218 g/mol. The van der Waals surface area contributed by atoms with Crippen molar-refractivity contribution in [3.8, 4) is 0 Å². The summed E-state index contributed by atoms with van der Waals surface area (Å²) < 4.78 is 11.6. The van der Waals surface area contributed by atoms with Gasteiger partial charge in [-0.15, -0.1) is 0 Å². The average Bonchev–Trinajstić information content (AvgIpc) is 2.02. The molecule has 0 saturated carbocycles. The fourth-order valence-corrected chi connectivity index (χ4v) is 2.57. The zero-order valence-electron chi connectivity index (χ0n) is 9.92. The predicted octanol–water partition coefficient (Wildman–Crippen LogP) is 2.40. The lowest BCUT2D eigenvalue weighted by Crippen LogP contribution is -2.27. The van der Waals surface area contributed by atoms with Crippen LogP contribution in [0, 0.1) is 11.3 Å². The summed E-state index contributed by atoms with van der Waals surface area (Å²) in [6.07, 6.45) is 1.02. The summed E-state index contributed by atoms with van der Waals surface area (Å²) in [5.41, 5.74) is -0.356. The minimum atomic E-state index is -0.976. The number of rotatable bonds is 5. The molecule has 0 aliphatic rings. The maximum absolute atomic E-state index is 11.6. The molecule has 0 amide bonds. The summed E-state index contributed by atoms with van der Waals surface area (Å²) in [5, 5.41) is 0. The molecule has 0 spiro atoms. The first-order valence-electron chi connectivity index (χ1n) is 5.15. The number of hydrogen-bond donors (Lipinski definition) is 0. The molecule has 2 unspecified atom stereocenters. The van der Waals surface area contributed by atoms with E-state index in [1.54, 1.807) is 0 Å². The van der Waals surface area contributed by atoms with E-state index in [4.69, 9.17) is 0 Å². The number of carbonyl (C=O) groups excluding carboxylic acids is 1. The van der Waals surface area contributed by atoms with Crippen LogP contribution in [0.15, 0.2) is 0 Å². The van der Waals surface area contributed by atoms with E-state index < -0.39 is 10.8 Å². The molecule has 0 aromatic rings. The van der Waals surface area contributed by atoms with Crippen LogP contribution >= 0.6 is 0 Å². The summed E-state index contributed by atoms with van der Waals surface area (Å²) in [6, 6.07) is 0. The van der Waals surface area contributed by atoms with Gasteiger partial charge in [-0.05, 0) is 5.92 Å². The van der Waals surface area contributed by atoms with Crippen molar-refractivity contribution in [3.63, 3.8) is 0 Å². The SMILES string of the molecule is CCC(C)CS(=O)CC(=O)C(C)(C)C. The molecule has 0 saturated heterocycles. The van der Waals surface area contributed by atoms with Crippen molar-refractivity contribution in [2.24, 2.45) is 11.3 Å². The molecule has 0 radical (unpaired) electrons. The molecule has 0 fully saturated rings. The lowest BCUT2D eigenvalue weighted by molar-refractivity contribution is -0.123. The predicted molar refractivity (Wildman–Crippen MR) is 61.8 cm³/mol. The molecule has 0 heterocycles. The van der Waals surface area contributed by atoms with E-state index in [9.17, 15) is 9.00 Å². The Balaban J connectivity index is 4.02. The molecular formula is C11H22O2S. The van der Waals surface area contributed by atoms with E-state index in [1.807, 2.05) is 20.8 Å². The third kappa shape index (κ3) is 5.53. The Morgan fingerprint density at radius 2 is 1.86 bits per heavy atom. The van der Waals surface area contributed by atoms with Crippen LogP contribution in [0.25, 0.3) is 0 Å². The van der Waals surface area contributed by atoms with E-state index >= 15 is 0 Å². The molecule has 0 aliphatic heterocycles.